The third kappa shape index (κ3) is 3.30. The number of benzene rings is 1. The maximum absolute atomic E-state index is 12.7. The monoisotopic (exact) mass is 352 g/mol. The molecule has 1 amide bonds. The Labute approximate surface area is 151 Å². The van der Waals surface area contributed by atoms with E-state index in [0.717, 1.165) is 31.3 Å². The second kappa shape index (κ2) is 6.72. The SMILES string of the molecule is Cc1cccc(N2CCN(C(=O)c3csc(-n4cccc4)n3)CC2)c1. The smallest absolute Gasteiger partial charge is 0.273 e. The van der Waals surface area contributed by atoms with E-state index < -0.39 is 0 Å². The maximum atomic E-state index is 12.7. The minimum atomic E-state index is 0.0264. The van der Waals surface area contributed by atoms with Crippen LogP contribution in [0.2, 0.25) is 0 Å². The van der Waals surface area contributed by atoms with Crippen molar-refractivity contribution < 1.29 is 4.79 Å². The summed E-state index contributed by atoms with van der Waals surface area (Å²) in [7, 11) is 0. The number of aryl methyl sites for hydroxylation is 1. The zero-order valence-electron chi connectivity index (χ0n) is 14.1. The van der Waals surface area contributed by atoms with Crippen LogP contribution in [0, 0.1) is 6.92 Å². The Morgan fingerprint density at radius 3 is 2.56 bits per heavy atom. The molecule has 0 bridgehead atoms. The van der Waals surface area contributed by atoms with Gasteiger partial charge in [-0.1, -0.05) is 12.1 Å². The Balaban J connectivity index is 1.41. The Bertz CT molecular complexity index is 863. The van der Waals surface area contributed by atoms with Crippen molar-refractivity contribution in [3.63, 3.8) is 0 Å². The molecule has 0 atom stereocenters. The first-order valence-electron chi connectivity index (χ1n) is 8.40. The lowest BCUT2D eigenvalue weighted by atomic mass is 10.2. The second-order valence-corrected chi connectivity index (χ2v) is 7.06. The molecule has 2 aromatic heterocycles. The van der Waals surface area contributed by atoms with Gasteiger partial charge >= 0.3 is 0 Å². The summed E-state index contributed by atoms with van der Waals surface area (Å²) >= 11 is 1.49. The van der Waals surface area contributed by atoms with Crippen LogP contribution in [0.3, 0.4) is 0 Å². The average molecular weight is 352 g/mol. The number of hydrogen-bond donors (Lipinski definition) is 0. The predicted octanol–water partition coefficient (Wildman–Crippen LogP) is 3.20. The molecule has 25 heavy (non-hydrogen) atoms. The molecule has 3 aromatic rings. The van der Waals surface area contributed by atoms with E-state index >= 15 is 0 Å². The molecular formula is C19H20N4OS. The summed E-state index contributed by atoms with van der Waals surface area (Å²) in [5.41, 5.74) is 3.03. The molecule has 5 nitrogen and oxygen atoms in total. The number of rotatable bonds is 3. The molecule has 1 aliphatic rings. The van der Waals surface area contributed by atoms with E-state index in [0.29, 0.717) is 5.69 Å². The number of hydrogen-bond acceptors (Lipinski definition) is 4. The maximum Gasteiger partial charge on any atom is 0.273 e. The first-order chi connectivity index (χ1) is 12.2. The van der Waals surface area contributed by atoms with Crippen molar-refractivity contribution in [2.24, 2.45) is 0 Å². The molecule has 4 rings (SSSR count). The summed E-state index contributed by atoms with van der Waals surface area (Å²) in [5.74, 6) is 0.0264. The third-order valence-electron chi connectivity index (χ3n) is 4.47. The minimum Gasteiger partial charge on any atom is -0.368 e. The fourth-order valence-electron chi connectivity index (χ4n) is 3.10. The van der Waals surface area contributed by atoms with Crippen LogP contribution in [0.25, 0.3) is 5.13 Å². The van der Waals surface area contributed by atoms with Gasteiger partial charge in [0.2, 0.25) is 0 Å². The normalized spacial score (nSPS) is 14.8. The molecule has 128 valence electrons. The Hall–Kier alpha value is -2.60. The third-order valence-corrected chi connectivity index (χ3v) is 5.32. The Morgan fingerprint density at radius 2 is 1.84 bits per heavy atom. The van der Waals surface area contributed by atoms with Crippen molar-refractivity contribution in [1.82, 2.24) is 14.5 Å². The van der Waals surface area contributed by atoms with Gasteiger partial charge in [-0.05, 0) is 36.8 Å². The number of anilines is 1. The molecule has 1 saturated heterocycles. The molecule has 0 radical (unpaired) electrons. The molecule has 6 heteroatoms. The summed E-state index contributed by atoms with van der Waals surface area (Å²) < 4.78 is 1.93. The number of aromatic nitrogens is 2. The highest BCUT2D eigenvalue weighted by molar-refractivity contribution is 7.12. The van der Waals surface area contributed by atoms with Crippen molar-refractivity contribution in [1.29, 1.82) is 0 Å². The van der Waals surface area contributed by atoms with Crippen molar-refractivity contribution >= 4 is 22.9 Å². The molecule has 1 aliphatic heterocycles. The zero-order valence-corrected chi connectivity index (χ0v) is 14.9. The topological polar surface area (TPSA) is 41.4 Å². The molecule has 0 unspecified atom stereocenters. The fraction of sp³-hybridized carbons (Fsp3) is 0.263. The van der Waals surface area contributed by atoms with Gasteiger partial charge in [-0.15, -0.1) is 11.3 Å². The molecular weight excluding hydrogens is 332 g/mol. The number of amides is 1. The molecule has 0 saturated carbocycles. The van der Waals surface area contributed by atoms with E-state index in [-0.39, 0.29) is 5.91 Å². The second-order valence-electron chi connectivity index (χ2n) is 6.22. The van der Waals surface area contributed by atoms with Crippen molar-refractivity contribution in [2.45, 2.75) is 6.92 Å². The number of nitrogens with zero attached hydrogens (tertiary/aromatic N) is 4. The Kier molecular flexibility index (Phi) is 4.28. The van der Waals surface area contributed by atoms with Gasteiger partial charge in [0.1, 0.15) is 5.69 Å². The predicted molar refractivity (Wildman–Crippen MR) is 101 cm³/mol. The van der Waals surface area contributed by atoms with Crippen LogP contribution in [0.15, 0.2) is 54.2 Å². The summed E-state index contributed by atoms with van der Waals surface area (Å²) in [4.78, 5) is 21.5. The minimum absolute atomic E-state index is 0.0264. The standard InChI is InChI=1S/C19H20N4OS/c1-15-5-4-6-16(13-15)21-9-11-22(12-10-21)18(24)17-14-25-19(20-17)23-7-2-3-8-23/h2-8,13-14H,9-12H2,1H3. The van der Waals surface area contributed by atoms with Gasteiger partial charge in [0.05, 0.1) is 0 Å². The first-order valence-corrected chi connectivity index (χ1v) is 9.28. The van der Waals surface area contributed by atoms with Crippen LogP contribution in [-0.2, 0) is 0 Å². The van der Waals surface area contributed by atoms with Crippen molar-refractivity contribution in [3.8, 4) is 5.13 Å². The van der Waals surface area contributed by atoms with Crippen molar-refractivity contribution in [3.05, 3.63) is 65.4 Å². The van der Waals surface area contributed by atoms with Gasteiger partial charge in [-0.3, -0.25) is 4.79 Å². The van der Waals surface area contributed by atoms with Gasteiger partial charge in [0.25, 0.3) is 5.91 Å². The van der Waals surface area contributed by atoms with Crippen LogP contribution in [0.4, 0.5) is 5.69 Å². The number of carbonyl (C=O) groups is 1. The first kappa shape index (κ1) is 15.9. The highest BCUT2D eigenvalue weighted by atomic mass is 32.1. The number of thiazole rings is 1. The molecule has 0 spiro atoms. The largest absolute Gasteiger partial charge is 0.368 e. The number of carbonyl (C=O) groups excluding carboxylic acids is 1. The van der Waals surface area contributed by atoms with Crippen LogP contribution in [0.5, 0.6) is 0 Å². The van der Waals surface area contributed by atoms with Crippen molar-refractivity contribution in [2.75, 3.05) is 31.1 Å². The van der Waals surface area contributed by atoms with E-state index in [4.69, 9.17) is 0 Å². The van der Waals surface area contributed by atoms with E-state index in [9.17, 15) is 4.79 Å². The zero-order chi connectivity index (χ0) is 17.2. The van der Waals surface area contributed by atoms with Crippen LogP contribution in [0.1, 0.15) is 16.1 Å². The lowest BCUT2D eigenvalue weighted by Crippen LogP contribution is -2.48. The van der Waals surface area contributed by atoms with Gasteiger partial charge in [0, 0.05) is 49.6 Å². The quantitative estimate of drug-likeness (QED) is 0.727. The number of piperazine rings is 1. The van der Waals surface area contributed by atoms with Crippen LogP contribution < -0.4 is 4.90 Å². The summed E-state index contributed by atoms with van der Waals surface area (Å²) in [6.45, 7) is 5.26. The molecule has 0 N–H and O–H groups in total. The van der Waals surface area contributed by atoms with Crippen LogP contribution >= 0.6 is 11.3 Å². The lowest BCUT2D eigenvalue weighted by molar-refractivity contribution is 0.0741. The molecule has 0 aliphatic carbocycles. The highest BCUT2D eigenvalue weighted by Gasteiger charge is 2.24. The Morgan fingerprint density at radius 1 is 1.08 bits per heavy atom. The van der Waals surface area contributed by atoms with E-state index in [2.05, 4.69) is 41.1 Å². The molecule has 3 heterocycles. The highest BCUT2D eigenvalue weighted by Crippen LogP contribution is 2.20. The van der Waals surface area contributed by atoms with Crippen LogP contribution in [-0.4, -0.2) is 46.5 Å². The van der Waals surface area contributed by atoms with E-state index in [1.807, 2.05) is 39.4 Å². The van der Waals surface area contributed by atoms with Gasteiger partial charge in [-0.2, -0.15) is 0 Å². The summed E-state index contributed by atoms with van der Waals surface area (Å²) in [6.07, 6.45) is 3.88. The summed E-state index contributed by atoms with van der Waals surface area (Å²) in [6, 6.07) is 12.4. The molecule has 1 fully saturated rings. The lowest BCUT2D eigenvalue weighted by Gasteiger charge is -2.36. The van der Waals surface area contributed by atoms with E-state index in [1.165, 1.54) is 22.6 Å². The van der Waals surface area contributed by atoms with Gasteiger partial charge < -0.3 is 14.4 Å². The average Bonchev–Trinajstić information content (AvgIpc) is 3.32. The summed E-state index contributed by atoms with van der Waals surface area (Å²) in [5, 5.41) is 2.68. The molecule has 1 aromatic carbocycles. The van der Waals surface area contributed by atoms with E-state index in [1.54, 1.807) is 0 Å². The van der Waals surface area contributed by atoms with Gasteiger partial charge in [-0.25, -0.2) is 4.98 Å². The fourth-order valence-corrected chi connectivity index (χ4v) is 3.86. The van der Waals surface area contributed by atoms with Gasteiger partial charge in [0.15, 0.2) is 5.13 Å².